The Morgan fingerprint density at radius 2 is 2.00 bits per heavy atom. The quantitative estimate of drug-likeness (QED) is 0.732. The van der Waals surface area contributed by atoms with Crippen LogP contribution in [0, 0.1) is 0 Å². The zero-order chi connectivity index (χ0) is 18.0. The number of hydrogen-bond acceptors (Lipinski definition) is 7. The Labute approximate surface area is 147 Å². The third-order valence-corrected chi connectivity index (χ3v) is 4.88. The van der Waals surface area contributed by atoms with Gasteiger partial charge in [0.1, 0.15) is 10.8 Å². The number of aromatic carboxylic acids is 1. The van der Waals surface area contributed by atoms with Crippen LogP contribution < -0.4 is 14.7 Å². The highest BCUT2D eigenvalue weighted by atomic mass is 32.2. The van der Waals surface area contributed by atoms with Gasteiger partial charge in [0.2, 0.25) is 11.8 Å². The van der Waals surface area contributed by atoms with Crippen LogP contribution in [0.2, 0.25) is 0 Å². The van der Waals surface area contributed by atoms with Gasteiger partial charge in [0.25, 0.3) is 0 Å². The van der Waals surface area contributed by atoms with Crippen molar-refractivity contribution in [2.45, 2.75) is 16.7 Å². The van der Waals surface area contributed by atoms with E-state index in [9.17, 15) is 19.5 Å². The van der Waals surface area contributed by atoms with Crippen LogP contribution in [0.4, 0.5) is 5.69 Å². The maximum Gasteiger partial charge on any atom is 0.247 e. The van der Waals surface area contributed by atoms with Gasteiger partial charge in [0, 0.05) is 18.2 Å². The molecule has 2 amide bonds. The van der Waals surface area contributed by atoms with Crippen LogP contribution in [0.15, 0.2) is 47.6 Å². The summed E-state index contributed by atoms with van der Waals surface area (Å²) in [6, 6.07) is 9.38. The van der Waals surface area contributed by atoms with E-state index in [4.69, 9.17) is 4.74 Å². The van der Waals surface area contributed by atoms with E-state index >= 15 is 0 Å². The summed E-state index contributed by atoms with van der Waals surface area (Å²) in [4.78, 5) is 41.1. The molecule has 1 aliphatic rings. The van der Waals surface area contributed by atoms with E-state index in [2.05, 4.69) is 4.98 Å². The summed E-state index contributed by atoms with van der Waals surface area (Å²) in [6.45, 7) is 0. The van der Waals surface area contributed by atoms with Crippen LogP contribution in [-0.4, -0.2) is 35.1 Å². The van der Waals surface area contributed by atoms with Crippen LogP contribution in [0.25, 0.3) is 0 Å². The van der Waals surface area contributed by atoms with Crippen LogP contribution in [0.1, 0.15) is 16.8 Å². The number of benzene rings is 1. The predicted molar refractivity (Wildman–Crippen MR) is 88.3 cm³/mol. The number of pyridine rings is 1. The highest BCUT2D eigenvalue weighted by Crippen LogP contribution is 2.34. The molecular formula is C17H13N2O5S-. The highest BCUT2D eigenvalue weighted by molar-refractivity contribution is 8.00. The third kappa shape index (κ3) is 3.34. The number of methoxy groups -OCH3 is 1. The Kier molecular flexibility index (Phi) is 4.71. The summed E-state index contributed by atoms with van der Waals surface area (Å²) < 4.78 is 5.06. The molecule has 1 aromatic carbocycles. The number of thioether (sulfide) groups is 1. The second-order valence-corrected chi connectivity index (χ2v) is 6.41. The minimum absolute atomic E-state index is 0.0292. The van der Waals surface area contributed by atoms with Gasteiger partial charge in [-0.2, -0.15) is 0 Å². The van der Waals surface area contributed by atoms with E-state index in [1.54, 1.807) is 24.3 Å². The Hall–Kier alpha value is -2.87. The molecule has 128 valence electrons. The zero-order valence-corrected chi connectivity index (χ0v) is 14.0. The molecule has 1 fully saturated rings. The van der Waals surface area contributed by atoms with Gasteiger partial charge in [0.05, 0.1) is 24.0 Å². The summed E-state index contributed by atoms with van der Waals surface area (Å²) in [5.41, 5.74) is 0.343. The number of aromatic nitrogens is 1. The van der Waals surface area contributed by atoms with Crippen LogP contribution >= 0.6 is 11.8 Å². The standard InChI is InChI=1S/C17H14N2O5S/c1-24-11-6-4-10(5-7-11)19-14(20)9-13(16(19)21)25-15-12(17(22)23)3-2-8-18-15/h2-8,13H,9H2,1H3,(H,22,23)/p-1/t13-/m0/s1. The second kappa shape index (κ2) is 6.94. The van der Waals surface area contributed by atoms with E-state index in [0.29, 0.717) is 11.4 Å². The molecule has 0 N–H and O–H groups in total. The summed E-state index contributed by atoms with van der Waals surface area (Å²) in [7, 11) is 1.52. The van der Waals surface area contributed by atoms with Crippen molar-refractivity contribution in [3.8, 4) is 5.75 Å². The molecule has 0 spiro atoms. The number of carboxylic acid groups (broad SMARTS) is 1. The molecule has 0 saturated carbocycles. The molecule has 1 saturated heterocycles. The number of rotatable bonds is 5. The first-order valence-electron chi connectivity index (χ1n) is 7.35. The highest BCUT2D eigenvalue weighted by Gasteiger charge is 2.40. The lowest BCUT2D eigenvalue weighted by atomic mass is 10.3. The lowest BCUT2D eigenvalue weighted by Crippen LogP contribution is -2.31. The first-order chi connectivity index (χ1) is 12.0. The van der Waals surface area contributed by atoms with Crippen molar-refractivity contribution < 1.29 is 24.2 Å². The van der Waals surface area contributed by atoms with Crippen LogP contribution in [-0.2, 0) is 9.59 Å². The zero-order valence-electron chi connectivity index (χ0n) is 13.2. The number of hydrogen-bond donors (Lipinski definition) is 0. The van der Waals surface area contributed by atoms with E-state index in [1.165, 1.54) is 25.4 Å². The van der Waals surface area contributed by atoms with Crippen LogP contribution in [0.3, 0.4) is 0 Å². The molecule has 0 radical (unpaired) electrons. The number of nitrogens with zero attached hydrogens (tertiary/aromatic N) is 2. The van der Waals surface area contributed by atoms with Gasteiger partial charge in [-0.1, -0.05) is 11.8 Å². The predicted octanol–water partition coefficient (Wildman–Crippen LogP) is 0.878. The van der Waals surface area contributed by atoms with Gasteiger partial charge in [-0.15, -0.1) is 0 Å². The van der Waals surface area contributed by atoms with Crippen molar-refractivity contribution >= 4 is 35.2 Å². The molecule has 0 unspecified atom stereocenters. The fourth-order valence-electron chi connectivity index (χ4n) is 2.47. The van der Waals surface area contributed by atoms with E-state index in [-0.39, 0.29) is 22.9 Å². The maximum atomic E-state index is 12.6. The monoisotopic (exact) mass is 357 g/mol. The first kappa shape index (κ1) is 17.0. The van der Waals surface area contributed by atoms with Crippen LogP contribution in [0.5, 0.6) is 5.75 Å². The Bertz CT molecular complexity index is 837. The Morgan fingerprint density at radius 3 is 2.64 bits per heavy atom. The molecule has 1 aromatic heterocycles. The van der Waals surface area contributed by atoms with Gasteiger partial charge in [-0.3, -0.25) is 9.59 Å². The van der Waals surface area contributed by atoms with Gasteiger partial charge in [-0.25, -0.2) is 9.88 Å². The molecule has 8 heteroatoms. The van der Waals surface area contributed by atoms with Crippen molar-refractivity contribution in [3.05, 3.63) is 48.2 Å². The number of carboxylic acids is 1. The minimum atomic E-state index is -1.38. The lowest BCUT2D eigenvalue weighted by molar-refractivity contribution is -0.255. The summed E-state index contributed by atoms with van der Waals surface area (Å²) in [6.07, 6.45) is 1.40. The van der Waals surface area contributed by atoms with Crippen molar-refractivity contribution in [3.63, 3.8) is 0 Å². The maximum absolute atomic E-state index is 12.6. The largest absolute Gasteiger partial charge is 0.545 e. The van der Waals surface area contributed by atoms with E-state index < -0.39 is 17.1 Å². The van der Waals surface area contributed by atoms with Gasteiger partial charge in [0.15, 0.2) is 0 Å². The topological polar surface area (TPSA) is 99.6 Å². The number of amides is 2. The average Bonchev–Trinajstić information content (AvgIpc) is 2.89. The summed E-state index contributed by atoms with van der Waals surface area (Å²) in [5.74, 6) is -1.52. The van der Waals surface area contributed by atoms with Crippen molar-refractivity contribution in [2.75, 3.05) is 12.0 Å². The lowest BCUT2D eigenvalue weighted by Gasteiger charge is -2.16. The number of carbonyl (C=O) groups is 3. The molecule has 7 nitrogen and oxygen atoms in total. The van der Waals surface area contributed by atoms with Crippen molar-refractivity contribution in [1.29, 1.82) is 0 Å². The smallest absolute Gasteiger partial charge is 0.247 e. The van der Waals surface area contributed by atoms with Crippen molar-refractivity contribution in [1.82, 2.24) is 4.98 Å². The van der Waals surface area contributed by atoms with Gasteiger partial charge >= 0.3 is 0 Å². The SMILES string of the molecule is COc1ccc(N2C(=O)C[C@H](Sc3ncccc3C(=O)[O-])C2=O)cc1. The second-order valence-electron chi connectivity index (χ2n) is 5.22. The first-order valence-corrected chi connectivity index (χ1v) is 8.23. The molecule has 1 atom stereocenters. The fraction of sp³-hybridized carbons (Fsp3) is 0.176. The van der Waals surface area contributed by atoms with Gasteiger partial charge < -0.3 is 14.6 Å². The van der Waals surface area contributed by atoms with E-state index in [1.807, 2.05) is 0 Å². The third-order valence-electron chi connectivity index (χ3n) is 3.68. The minimum Gasteiger partial charge on any atom is -0.545 e. The molecule has 1 aliphatic heterocycles. The summed E-state index contributed by atoms with van der Waals surface area (Å²) in [5, 5.41) is 10.6. The number of carbonyl (C=O) groups excluding carboxylic acids is 3. The molecule has 2 heterocycles. The van der Waals surface area contributed by atoms with Gasteiger partial charge in [-0.05, 0) is 36.4 Å². The molecule has 0 bridgehead atoms. The molecule has 25 heavy (non-hydrogen) atoms. The number of anilines is 1. The molecule has 2 aromatic rings. The fourth-order valence-corrected chi connectivity index (χ4v) is 3.58. The molecular weight excluding hydrogens is 344 g/mol. The normalized spacial score (nSPS) is 17.0. The summed E-state index contributed by atoms with van der Waals surface area (Å²) >= 11 is 0.955. The Balaban J connectivity index is 1.83. The average molecular weight is 357 g/mol. The van der Waals surface area contributed by atoms with Crippen molar-refractivity contribution in [2.24, 2.45) is 0 Å². The number of imide groups is 1. The van der Waals surface area contributed by atoms with E-state index in [0.717, 1.165) is 16.7 Å². The molecule has 3 rings (SSSR count). The Morgan fingerprint density at radius 1 is 1.28 bits per heavy atom. The number of ether oxygens (including phenoxy) is 1. The molecule has 0 aliphatic carbocycles.